The average molecular weight is 435 g/mol. The number of piperazine rings is 1. The monoisotopic (exact) mass is 434 g/mol. The Morgan fingerprint density at radius 2 is 1.71 bits per heavy atom. The maximum Gasteiger partial charge on any atom is 0.238 e. The molecule has 3 rings (SSSR count). The zero-order chi connectivity index (χ0) is 18.5. The van der Waals surface area contributed by atoms with Crippen LogP contribution in [0.4, 0.5) is 10.1 Å². The molecule has 2 atom stereocenters. The number of halogens is 3. The topological polar surface area (TPSA) is 78.7 Å². The van der Waals surface area contributed by atoms with Crippen molar-refractivity contribution in [1.82, 2.24) is 9.80 Å². The van der Waals surface area contributed by atoms with E-state index in [1.807, 2.05) is 9.80 Å². The second-order valence-electron chi connectivity index (χ2n) is 7.19. The summed E-state index contributed by atoms with van der Waals surface area (Å²) in [5, 5.41) is 2.77. The standard InChI is InChI=1S/C19H27FN4O2.2ClH/c20-15-4-6-16(7-5-15)22-18(25)13-23-8-10-24(11-9-23)19(26)17-3-1-2-14(17)12-21;;/h4-7,14,17H,1-3,8-13,21H2,(H,22,25);2*1H/t14-,17-;;/m1../s1. The van der Waals surface area contributed by atoms with E-state index >= 15 is 0 Å². The number of carbonyl (C=O) groups is 2. The number of rotatable bonds is 5. The number of hydrogen-bond donors (Lipinski definition) is 2. The number of nitrogens with zero attached hydrogens (tertiary/aromatic N) is 2. The van der Waals surface area contributed by atoms with Crippen LogP contribution < -0.4 is 11.1 Å². The quantitative estimate of drug-likeness (QED) is 0.743. The Bertz CT molecular complexity index is 639. The second kappa shape index (κ2) is 11.6. The summed E-state index contributed by atoms with van der Waals surface area (Å²) in [6, 6.07) is 5.72. The van der Waals surface area contributed by atoms with E-state index in [0.717, 1.165) is 19.3 Å². The number of hydrogen-bond acceptors (Lipinski definition) is 4. The molecule has 1 aliphatic carbocycles. The first kappa shape index (κ1) is 24.6. The summed E-state index contributed by atoms with van der Waals surface area (Å²) in [5.41, 5.74) is 6.38. The van der Waals surface area contributed by atoms with Crippen molar-refractivity contribution in [3.05, 3.63) is 30.1 Å². The fourth-order valence-corrected chi connectivity index (χ4v) is 3.94. The molecule has 9 heteroatoms. The Morgan fingerprint density at radius 3 is 2.32 bits per heavy atom. The van der Waals surface area contributed by atoms with Crippen molar-refractivity contribution in [2.45, 2.75) is 19.3 Å². The van der Waals surface area contributed by atoms with Gasteiger partial charge in [0, 0.05) is 37.8 Å². The molecule has 1 heterocycles. The summed E-state index contributed by atoms with van der Waals surface area (Å²) < 4.78 is 12.9. The lowest BCUT2D eigenvalue weighted by Crippen LogP contribution is -2.52. The predicted octanol–water partition coefficient (Wildman–Crippen LogP) is 2.13. The molecule has 28 heavy (non-hydrogen) atoms. The van der Waals surface area contributed by atoms with Crippen LogP contribution in [0.5, 0.6) is 0 Å². The normalized spacial score (nSPS) is 22.1. The Labute approximate surface area is 177 Å². The molecule has 0 aromatic heterocycles. The van der Waals surface area contributed by atoms with Gasteiger partial charge in [0.1, 0.15) is 5.82 Å². The fraction of sp³-hybridized carbons (Fsp3) is 0.579. The maximum absolute atomic E-state index is 12.9. The summed E-state index contributed by atoms with van der Waals surface area (Å²) in [4.78, 5) is 28.8. The third kappa shape index (κ3) is 6.30. The molecule has 2 fully saturated rings. The van der Waals surface area contributed by atoms with Gasteiger partial charge in [0.25, 0.3) is 0 Å². The number of carbonyl (C=O) groups excluding carboxylic acids is 2. The van der Waals surface area contributed by atoms with Crippen LogP contribution in [0.2, 0.25) is 0 Å². The Balaban J connectivity index is 0.00000196. The molecular formula is C19H29Cl2FN4O2. The summed E-state index contributed by atoms with van der Waals surface area (Å²) in [6.45, 7) is 3.52. The summed E-state index contributed by atoms with van der Waals surface area (Å²) in [7, 11) is 0. The number of nitrogens with one attached hydrogen (secondary N) is 1. The smallest absolute Gasteiger partial charge is 0.238 e. The number of anilines is 1. The minimum Gasteiger partial charge on any atom is -0.340 e. The van der Waals surface area contributed by atoms with Gasteiger partial charge in [-0.05, 0) is 49.6 Å². The molecule has 1 aliphatic heterocycles. The summed E-state index contributed by atoms with van der Waals surface area (Å²) in [6.07, 6.45) is 3.08. The fourth-order valence-electron chi connectivity index (χ4n) is 3.94. The molecule has 1 aromatic rings. The predicted molar refractivity (Wildman–Crippen MR) is 112 cm³/mol. The van der Waals surface area contributed by atoms with Gasteiger partial charge in [-0.3, -0.25) is 14.5 Å². The van der Waals surface area contributed by atoms with E-state index in [1.165, 1.54) is 12.1 Å². The third-order valence-electron chi connectivity index (χ3n) is 5.46. The first-order chi connectivity index (χ1) is 12.6. The van der Waals surface area contributed by atoms with Crippen LogP contribution in [0.1, 0.15) is 19.3 Å². The van der Waals surface area contributed by atoms with Gasteiger partial charge in [0.2, 0.25) is 11.8 Å². The molecule has 0 unspecified atom stereocenters. The van der Waals surface area contributed by atoms with E-state index in [0.29, 0.717) is 44.3 Å². The first-order valence-corrected chi connectivity index (χ1v) is 9.33. The first-order valence-electron chi connectivity index (χ1n) is 9.33. The molecule has 1 saturated carbocycles. The minimum atomic E-state index is -0.331. The highest BCUT2D eigenvalue weighted by atomic mass is 35.5. The lowest BCUT2D eigenvalue weighted by atomic mass is 9.94. The van der Waals surface area contributed by atoms with Crippen LogP contribution in [0.15, 0.2) is 24.3 Å². The summed E-state index contributed by atoms with van der Waals surface area (Å²) >= 11 is 0. The lowest BCUT2D eigenvalue weighted by molar-refractivity contribution is -0.138. The van der Waals surface area contributed by atoms with Crippen LogP contribution in [0.25, 0.3) is 0 Å². The molecule has 1 aromatic carbocycles. The van der Waals surface area contributed by atoms with Crippen LogP contribution in [0.3, 0.4) is 0 Å². The van der Waals surface area contributed by atoms with Crippen molar-refractivity contribution in [3.63, 3.8) is 0 Å². The van der Waals surface area contributed by atoms with Gasteiger partial charge >= 0.3 is 0 Å². The van der Waals surface area contributed by atoms with E-state index in [9.17, 15) is 14.0 Å². The molecule has 6 nitrogen and oxygen atoms in total. The molecular weight excluding hydrogens is 406 g/mol. The van der Waals surface area contributed by atoms with Crippen LogP contribution >= 0.6 is 24.8 Å². The molecule has 1 saturated heterocycles. The molecule has 0 bridgehead atoms. The van der Waals surface area contributed by atoms with E-state index < -0.39 is 0 Å². The zero-order valence-corrected chi connectivity index (χ0v) is 17.4. The van der Waals surface area contributed by atoms with Gasteiger partial charge in [-0.1, -0.05) is 6.42 Å². The van der Waals surface area contributed by atoms with Crippen molar-refractivity contribution in [2.75, 3.05) is 44.6 Å². The highest BCUT2D eigenvalue weighted by Gasteiger charge is 2.35. The summed E-state index contributed by atoms with van der Waals surface area (Å²) in [5.74, 6) is 0.169. The van der Waals surface area contributed by atoms with Gasteiger partial charge in [-0.15, -0.1) is 24.8 Å². The second-order valence-corrected chi connectivity index (χ2v) is 7.19. The zero-order valence-electron chi connectivity index (χ0n) is 15.8. The van der Waals surface area contributed by atoms with Gasteiger partial charge < -0.3 is 16.0 Å². The lowest BCUT2D eigenvalue weighted by Gasteiger charge is -2.36. The molecule has 2 aliphatic rings. The van der Waals surface area contributed by atoms with Crippen molar-refractivity contribution < 1.29 is 14.0 Å². The van der Waals surface area contributed by atoms with Gasteiger partial charge in [0.15, 0.2) is 0 Å². The van der Waals surface area contributed by atoms with Crippen LogP contribution in [-0.2, 0) is 9.59 Å². The van der Waals surface area contributed by atoms with Gasteiger partial charge in [0.05, 0.1) is 6.54 Å². The third-order valence-corrected chi connectivity index (χ3v) is 5.46. The average Bonchev–Trinajstić information content (AvgIpc) is 3.12. The number of benzene rings is 1. The highest BCUT2D eigenvalue weighted by molar-refractivity contribution is 5.92. The SMILES string of the molecule is Cl.Cl.NC[C@H]1CCC[C@H]1C(=O)N1CCN(CC(=O)Nc2ccc(F)cc2)CC1. The Morgan fingerprint density at radius 1 is 1.07 bits per heavy atom. The van der Waals surface area contributed by atoms with Crippen molar-refractivity contribution in [1.29, 1.82) is 0 Å². The van der Waals surface area contributed by atoms with E-state index in [2.05, 4.69) is 5.32 Å². The van der Waals surface area contributed by atoms with Crippen LogP contribution in [0, 0.1) is 17.7 Å². The van der Waals surface area contributed by atoms with E-state index in [-0.39, 0.29) is 54.9 Å². The maximum atomic E-state index is 12.9. The van der Waals surface area contributed by atoms with Gasteiger partial charge in [-0.2, -0.15) is 0 Å². The van der Waals surface area contributed by atoms with Crippen molar-refractivity contribution in [3.8, 4) is 0 Å². The highest BCUT2D eigenvalue weighted by Crippen LogP contribution is 2.32. The van der Waals surface area contributed by atoms with Crippen LogP contribution in [-0.4, -0.2) is 60.9 Å². The minimum absolute atomic E-state index is 0. The number of amides is 2. The Kier molecular flexibility index (Phi) is 10.2. The van der Waals surface area contributed by atoms with Crippen molar-refractivity contribution >= 4 is 42.3 Å². The van der Waals surface area contributed by atoms with E-state index in [1.54, 1.807) is 12.1 Å². The van der Waals surface area contributed by atoms with Crippen molar-refractivity contribution in [2.24, 2.45) is 17.6 Å². The molecule has 0 radical (unpaired) electrons. The number of nitrogens with two attached hydrogens (primary N) is 1. The Hall–Kier alpha value is -1.41. The van der Waals surface area contributed by atoms with Gasteiger partial charge in [-0.25, -0.2) is 4.39 Å². The largest absolute Gasteiger partial charge is 0.340 e. The molecule has 0 spiro atoms. The molecule has 158 valence electrons. The van der Waals surface area contributed by atoms with E-state index in [4.69, 9.17) is 5.73 Å². The molecule has 3 N–H and O–H groups in total. The molecule has 2 amide bonds.